The van der Waals surface area contributed by atoms with Gasteiger partial charge in [0.15, 0.2) is 5.82 Å². The molecule has 182 valence electrons. The summed E-state index contributed by atoms with van der Waals surface area (Å²) in [6, 6.07) is 12.6. The lowest BCUT2D eigenvalue weighted by Crippen LogP contribution is -2.15. The van der Waals surface area contributed by atoms with Crippen LogP contribution in [0.2, 0.25) is 0 Å². The van der Waals surface area contributed by atoms with Gasteiger partial charge in [0.25, 0.3) is 11.5 Å². The van der Waals surface area contributed by atoms with Gasteiger partial charge >= 0.3 is 0 Å². The lowest BCUT2D eigenvalue weighted by atomic mass is 10.0. The molecule has 0 saturated carbocycles. The van der Waals surface area contributed by atoms with Gasteiger partial charge in [0.1, 0.15) is 17.3 Å². The molecule has 0 radical (unpaired) electrons. The van der Waals surface area contributed by atoms with E-state index in [4.69, 9.17) is 0 Å². The number of aromatic amines is 1. The van der Waals surface area contributed by atoms with Crippen LogP contribution in [0.5, 0.6) is 5.75 Å². The third-order valence-electron chi connectivity index (χ3n) is 5.83. The average molecular weight is 505 g/mol. The summed E-state index contributed by atoms with van der Waals surface area (Å²) in [5.41, 5.74) is 2.07. The molecule has 0 aliphatic carbocycles. The van der Waals surface area contributed by atoms with Crippen LogP contribution in [-0.4, -0.2) is 31.0 Å². The van der Waals surface area contributed by atoms with Gasteiger partial charge in [-0.2, -0.15) is 10.2 Å². The number of amides is 1. The minimum absolute atomic E-state index is 0.0145. The monoisotopic (exact) mass is 504 g/mol. The highest BCUT2D eigenvalue weighted by atomic mass is 32.1. The molecule has 1 amide bonds. The summed E-state index contributed by atoms with van der Waals surface area (Å²) in [6.07, 6.45) is 0. The van der Waals surface area contributed by atoms with Crippen molar-refractivity contribution >= 4 is 44.5 Å². The molecule has 0 atom stereocenters. The van der Waals surface area contributed by atoms with Crippen LogP contribution in [0.1, 0.15) is 20.9 Å². The van der Waals surface area contributed by atoms with E-state index >= 15 is 0 Å². The first-order valence-electron chi connectivity index (χ1n) is 10.9. The minimum Gasteiger partial charge on any atom is -0.508 e. The number of aromatic hydroxyl groups is 1. The summed E-state index contributed by atoms with van der Waals surface area (Å²) in [6.45, 7) is 3.56. The molecule has 3 heterocycles. The fourth-order valence-corrected chi connectivity index (χ4v) is 4.76. The first-order valence-corrected chi connectivity index (χ1v) is 11.7. The summed E-state index contributed by atoms with van der Waals surface area (Å²) in [4.78, 5) is 25.7. The summed E-state index contributed by atoms with van der Waals surface area (Å²) in [5.74, 6) is -0.479. The van der Waals surface area contributed by atoms with Gasteiger partial charge < -0.3 is 15.7 Å². The molecule has 5 rings (SSSR count). The third-order valence-corrected chi connectivity index (χ3v) is 6.95. The quantitative estimate of drug-likeness (QED) is 0.271. The first kappa shape index (κ1) is 23.2. The topological polar surface area (TPSA) is 125 Å². The zero-order valence-corrected chi connectivity index (χ0v) is 20.3. The number of rotatable bonds is 5. The highest BCUT2D eigenvalue weighted by molar-refractivity contribution is 7.20. The van der Waals surface area contributed by atoms with Crippen LogP contribution in [0, 0.1) is 19.7 Å². The maximum absolute atomic E-state index is 14.8. The fourth-order valence-electron chi connectivity index (χ4n) is 3.82. The predicted molar refractivity (Wildman–Crippen MR) is 138 cm³/mol. The van der Waals surface area contributed by atoms with Crippen molar-refractivity contribution < 1.29 is 14.3 Å². The lowest BCUT2D eigenvalue weighted by Gasteiger charge is -2.13. The fraction of sp³-hybridized carbons (Fsp3) is 0.120. The molecule has 0 saturated heterocycles. The Labute approximate surface area is 208 Å². The van der Waals surface area contributed by atoms with Gasteiger partial charge in [-0.1, -0.05) is 0 Å². The molecule has 4 N–H and O–H groups in total. The van der Waals surface area contributed by atoms with E-state index in [2.05, 4.69) is 25.9 Å². The van der Waals surface area contributed by atoms with E-state index in [-0.39, 0.29) is 17.1 Å². The van der Waals surface area contributed by atoms with Gasteiger partial charge in [0.2, 0.25) is 0 Å². The van der Waals surface area contributed by atoms with Gasteiger partial charge in [0.05, 0.1) is 16.3 Å². The number of halogens is 1. The Kier molecular flexibility index (Phi) is 5.77. The Morgan fingerprint density at radius 3 is 2.69 bits per heavy atom. The molecular weight excluding hydrogens is 483 g/mol. The second kappa shape index (κ2) is 8.93. The SMILES string of the molecule is Cc1c(-c2cc(Nc3cc(C)n(C)n3)c(=O)[nH]n2)ccc(F)c1NC(=O)c1cc2cc(O)ccc2s1. The van der Waals surface area contributed by atoms with Crippen molar-refractivity contribution in [2.45, 2.75) is 13.8 Å². The van der Waals surface area contributed by atoms with E-state index in [1.807, 2.05) is 6.92 Å². The van der Waals surface area contributed by atoms with Gasteiger partial charge in [-0.15, -0.1) is 11.3 Å². The Morgan fingerprint density at radius 2 is 1.94 bits per heavy atom. The summed E-state index contributed by atoms with van der Waals surface area (Å²) < 4.78 is 17.3. The predicted octanol–water partition coefficient (Wildman–Crippen LogP) is 4.84. The van der Waals surface area contributed by atoms with Crippen molar-refractivity contribution in [3.63, 3.8) is 0 Å². The number of fused-ring (bicyclic) bond motifs is 1. The van der Waals surface area contributed by atoms with E-state index in [1.54, 1.807) is 55.1 Å². The molecule has 0 spiro atoms. The molecule has 11 heteroatoms. The van der Waals surface area contributed by atoms with Crippen molar-refractivity contribution in [1.82, 2.24) is 20.0 Å². The number of carbonyl (C=O) groups is 1. The highest BCUT2D eigenvalue weighted by Crippen LogP contribution is 2.33. The molecule has 0 aliphatic heterocycles. The Balaban J connectivity index is 1.47. The highest BCUT2D eigenvalue weighted by Gasteiger charge is 2.18. The van der Waals surface area contributed by atoms with Crippen LogP contribution >= 0.6 is 11.3 Å². The van der Waals surface area contributed by atoms with Crippen LogP contribution in [0.15, 0.2) is 53.3 Å². The standard InChI is InChI=1S/C25H21FN6O3S/c1-12-8-22(31-32(12)3)27-19-11-18(29-30-24(19)34)16-5-6-17(26)23(13(16)2)28-25(35)21-10-14-9-15(33)4-7-20(14)36-21/h4-11,33H,1-3H3,(H,28,35)(H,30,34)(H,27,29,31). The normalized spacial score (nSPS) is 11.1. The average Bonchev–Trinajstić information content (AvgIpc) is 3.40. The van der Waals surface area contributed by atoms with Crippen molar-refractivity contribution in [3.05, 3.63) is 80.8 Å². The van der Waals surface area contributed by atoms with Gasteiger partial charge in [-0.3, -0.25) is 14.3 Å². The van der Waals surface area contributed by atoms with Gasteiger partial charge in [-0.05, 0) is 67.3 Å². The van der Waals surface area contributed by atoms with E-state index in [1.165, 1.54) is 23.5 Å². The smallest absolute Gasteiger partial charge is 0.287 e. The summed E-state index contributed by atoms with van der Waals surface area (Å²) >= 11 is 1.24. The zero-order valence-electron chi connectivity index (χ0n) is 19.5. The molecular formula is C25H21FN6O3S. The number of aryl methyl sites for hydroxylation is 2. The summed E-state index contributed by atoms with van der Waals surface area (Å²) in [5, 5.41) is 26.9. The van der Waals surface area contributed by atoms with E-state index in [0.717, 1.165) is 15.8 Å². The molecule has 0 fully saturated rings. The molecule has 0 bridgehead atoms. The Bertz CT molecular complexity index is 1680. The number of hydrogen-bond acceptors (Lipinski definition) is 7. The Morgan fingerprint density at radius 1 is 1.14 bits per heavy atom. The Hall–Kier alpha value is -4.51. The number of carbonyl (C=O) groups excluding carboxylic acids is 1. The van der Waals surface area contributed by atoms with Crippen molar-refractivity contribution in [2.24, 2.45) is 7.05 Å². The minimum atomic E-state index is -0.602. The molecule has 0 aliphatic rings. The number of thiophene rings is 1. The van der Waals surface area contributed by atoms with Crippen LogP contribution in [0.3, 0.4) is 0 Å². The van der Waals surface area contributed by atoms with Gasteiger partial charge in [0, 0.05) is 29.1 Å². The lowest BCUT2D eigenvalue weighted by molar-refractivity contribution is 0.103. The molecule has 2 aromatic carbocycles. The number of benzene rings is 2. The molecule has 9 nitrogen and oxygen atoms in total. The number of phenolic OH excluding ortho intramolecular Hbond substituents is 1. The molecule has 3 aromatic heterocycles. The first-order chi connectivity index (χ1) is 17.2. The number of aromatic nitrogens is 4. The van der Waals surface area contributed by atoms with Crippen molar-refractivity contribution in [1.29, 1.82) is 0 Å². The van der Waals surface area contributed by atoms with E-state index in [9.17, 15) is 19.1 Å². The molecule has 5 aromatic rings. The second-order valence-corrected chi connectivity index (χ2v) is 9.38. The maximum atomic E-state index is 14.8. The van der Waals surface area contributed by atoms with Crippen molar-refractivity contribution in [3.8, 4) is 17.0 Å². The van der Waals surface area contributed by atoms with E-state index in [0.29, 0.717) is 27.5 Å². The van der Waals surface area contributed by atoms with E-state index < -0.39 is 17.3 Å². The molecule has 36 heavy (non-hydrogen) atoms. The molecule has 0 unspecified atom stereocenters. The van der Waals surface area contributed by atoms with Crippen LogP contribution < -0.4 is 16.2 Å². The van der Waals surface area contributed by atoms with Crippen LogP contribution in [-0.2, 0) is 7.05 Å². The van der Waals surface area contributed by atoms with Crippen molar-refractivity contribution in [2.75, 3.05) is 10.6 Å². The number of H-pyrrole nitrogens is 1. The third kappa shape index (κ3) is 4.31. The number of hydrogen-bond donors (Lipinski definition) is 4. The van der Waals surface area contributed by atoms with Crippen LogP contribution in [0.25, 0.3) is 21.3 Å². The second-order valence-electron chi connectivity index (χ2n) is 8.30. The maximum Gasteiger partial charge on any atom is 0.287 e. The largest absolute Gasteiger partial charge is 0.508 e. The van der Waals surface area contributed by atoms with Gasteiger partial charge in [-0.25, -0.2) is 9.49 Å². The summed E-state index contributed by atoms with van der Waals surface area (Å²) in [7, 11) is 1.79. The number of phenols is 1. The number of anilines is 3. The number of nitrogens with one attached hydrogen (secondary N) is 3. The number of nitrogens with zero attached hydrogens (tertiary/aromatic N) is 3. The zero-order chi connectivity index (χ0) is 25.6. The van der Waals surface area contributed by atoms with Crippen LogP contribution in [0.4, 0.5) is 21.6 Å².